The van der Waals surface area contributed by atoms with Crippen molar-refractivity contribution in [2.24, 2.45) is 0 Å². The second kappa shape index (κ2) is 6.86. The lowest BCUT2D eigenvalue weighted by Gasteiger charge is -2.28. The number of thioether (sulfide) groups is 1. The molecule has 0 saturated heterocycles. The minimum absolute atomic E-state index is 0.00139. The van der Waals surface area contributed by atoms with E-state index in [2.05, 4.69) is 4.72 Å². The van der Waals surface area contributed by atoms with E-state index in [0.717, 1.165) is 6.07 Å². The molecule has 5 nitrogen and oxygen atoms in total. The van der Waals surface area contributed by atoms with Gasteiger partial charge in [0.25, 0.3) is 10.0 Å². The van der Waals surface area contributed by atoms with Gasteiger partial charge in [0, 0.05) is 29.1 Å². The number of nitrogens with zero attached hydrogens (tertiary/aromatic N) is 1. The van der Waals surface area contributed by atoms with E-state index in [9.17, 15) is 17.6 Å². The van der Waals surface area contributed by atoms with Gasteiger partial charge in [0.15, 0.2) is 0 Å². The number of hydrogen-bond acceptors (Lipinski definition) is 4. The number of nitrogens with one attached hydrogen (secondary N) is 1. The molecule has 0 aliphatic carbocycles. The Morgan fingerprint density at radius 2 is 2.04 bits per heavy atom. The molecule has 0 unspecified atom stereocenters. The molecule has 25 heavy (non-hydrogen) atoms. The lowest BCUT2D eigenvalue weighted by atomic mass is 10.2. The lowest BCUT2D eigenvalue weighted by molar-refractivity contribution is -0.116. The summed E-state index contributed by atoms with van der Waals surface area (Å²) in [4.78, 5) is 14.0. The second-order valence-electron chi connectivity index (χ2n) is 5.38. The van der Waals surface area contributed by atoms with E-state index >= 15 is 0 Å². The third-order valence-electron chi connectivity index (χ3n) is 3.66. The largest absolute Gasteiger partial charge is 0.311 e. The highest BCUT2D eigenvalue weighted by atomic mass is 35.5. The number of fused-ring (bicyclic) bond motifs is 1. The Labute approximate surface area is 154 Å². The molecule has 1 N–H and O–H groups in total. The quantitative estimate of drug-likeness (QED) is 0.852. The molecule has 0 spiro atoms. The maximum Gasteiger partial charge on any atom is 0.262 e. The topological polar surface area (TPSA) is 66.5 Å². The zero-order valence-electron chi connectivity index (χ0n) is 13.1. The van der Waals surface area contributed by atoms with Crippen molar-refractivity contribution in [1.29, 1.82) is 0 Å². The molecule has 2 aromatic carbocycles. The highest BCUT2D eigenvalue weighted by Gasteiger charge is 2.24. The zero-order valence-corrected chi connectivity index (χ0v) is 15.5. The molecule has 0 bridgehead atoms. The number of sulfonamides is 1. The third kappa shape index (κ3) is 3.75. The number of carbonyl (C=O) groups is 1. The first-order valence-corrected chi connectivity index (χ1v) is 10.2. The summed E-state index contributed by atoms with van der Waals surface area (Å²) in [6.07, 6.45) is 0. The summed E-state index contributed by atoms with van der Waals surface area (Å²) >= 11 is 7.15. The van der Waals surface area contributed by atoms with Crippen LogP contribution in [0.4, 0.5) is 15.8 Å². The molecule has 0 atom stereocenters. The van der Waals surface area contributed by atoms with Crippen LogP contribution in [0, 0.1) is 5.82 Å². The average molecular weight is 401 g/mol. The van der Waals surface area contributed by atoms with Crippen molar-refractivity contribution in [3.63, 3.8) is 0 Å². The number of rotatable bonds is 3. The van der Waals surface area contributed by atoms with Crippen LogP contribution in [0.1, 0.15) is 6.92 Å². The van der Waals surface area contributed by atoms with E-state index < -0.39 is 15.8 Å². The monoisotopic (exact) mass is 400 g/mol. The van der Waals surface area contributed by atoms with Crippen molar-refractivity contribution in [3.8, 4) is 0 Å². The molecule has 9 heteroatoms. The van der Waals surface area contributed by atoms with Crippen molar-refractivity contribution >= 4 is 50.7 Å². The van der Waals surface area contributed by atoms with Crippen molar-refractivity contribution in [2.75, 3.05) is 21.9 Å². The maximum atomic E-state index is 13.9. The first-order valence-electron chi connectivity index (χ1n) is 7.31. The number of amides is 1. The van der Waals surface area contributed by atoms with Crippen molar-refractivity contribution in [1.82, 2.24) is 0 Å². The van der Waals surface area contributed by atoms with Crippen LogP contribution in [0.15, 0.2) is 46.2 Å². The van der Waals surface area contributed by atoms with Gasteiger partial charge in [0.2, 0.25) is 5.91 Å². The summed E-state index contributed by atoms with van der Waals surface area (Å²) < 4.78 is 41.1. The van der Waals surface area contributed by atoms with Crippen molar-refractivity contribution in [2.45, 2.75) is 16.7 Å². The van der Waals surface area contributed by atoms with Gasteiger partial charge in [-0.15, -0.1) is 11.8 Å². The highest BCUT2D eigenvalue weighted by molar-refractivity contribution is 7.99. The van der Waals surface area contributed by atoms with Crippen LogP contribution in [0.3, 0.4) is 0 Å². The van der Waals surface area contributed by atoms with Crippen LogP contribution >= 0.6 is 23.4 Å². The van der Waals surface area contributed by atoms with Gasteiger partial charge in [0.05, 0.1) is 16.3 Å². The summed E-state index contributed by atoms with van der Waals surface area (Å²) in [6.45, 7) is 2.04. The van der Waals surface area contributed by atoms with E-state index in [1.54, 1.807) is 11.0 Å². The van der Waals surface area contributed by atoms with Crippen LogP contribution in [-0.2, 0) is 14.8 Å². The number of carbonyl (C=O) groups excluding carboxylic acids is 1. The Bertz CT molecular complexity index is 950. The van der Waals surface area contributed by atoms with Crippen molar-refractivity contribution < 1.29 is 17.6 Å². The normalized spacial score (nSPS) is 14.1. The Morgan fingerprint density at radius 1 is 1.28 bits per heavy atom. The summed E-state index contributed by atoms with van der Waals surface area (Å²) in [5, 5.41) is 0.176. The van der Waals surface area contributed by atoms with E-state index in [1.807, 2.05) is 0 Å². The van der Waals surface area contributed by atoms with E-state index in [0.29, 0.717) is 22.9 Å². The minimum atomic E-state index is -3.97. The fourth-order valence-corrected chi connectivity index (χ4v) is 4.83. The highest BCUT2D eigenvalue weighted by Crippen LogP contribution is 2.36. The standard InChI is InChI=1S/C16H14ClFN2O3S2/c1-10(21)20-6-7-24-16-9-12(3-5-15(16)20)25(22,23)19-14-4-2-11(17)8-13(14)18/h2-5,8-9,19H,6-7H2,1H3. The van der Waals surface area contributed by atoms with Crippen LogP contribution in [0.25, 0.3) is 0 Å². The van der Waals surface area contributed by atoms with Crippen molar-refractivity contribution in [3.05, 3.63) is 47.2 Å². The lowest BCUT2D eigenvalue weighted by Crippen LogP contribution is -2.33. The van der Waals surface area contributed by atoms with Crippen LogP contribution in [0.5, 0.6) is 0 Å². The van der Waals surface area contributed by atoms with Gasteiger partial charge < -0.3 is 4.90 Å². The van der Waals surface area contributed by atoms with Gasteiger partial charge >= 0.3 is 0 Å². The Hall–Kier alpha value is -1.77. The molecule has 1 heterocycles. The minimum Gasteiger partial charge on any atom is -0.311 e. The number of halogens is 2. The first-order chi connectivity index (χ1) is 11.8. The van der Waals surface area contributed by atoms with E-state index in [4.69, 9.17) is 11.6 Å². The van der Waals surface area contributed by atoms with Gasteiger partial charge in [-0.2, -0.15) is 0 Å². The van der Waals surface area contributed by atoms with Gasteiger partial charge in [-0.3, -0.25) is 9.52 Å². The first kappa shape index (κ1) is 18.0. The number of anilines is 2. The van der Waals surface area contributed by atoms with Crippen LogP contribution in [-0.4, -0.2) is 26.6 Å². The smallest absolute Gasteiger partial charge is 0.262 e. The summed E-state index contributed by atoms with van der Waals surface area (Å²) in [7, 11) is -3.97. The number of hydrogen-bond donors (Lipinski definition) is 1. The van der Waals surface area contributed by atoms with Gasteiger partial charge in [-0.1, -0.05) is 11.6 Å². The zero-order chi connectivity index (χ0) is 18.2. The molecule has 1 aliphatic heterocycles. The van der Waals surface area contributed by atoms with Crippen LogP contribution < -0.4 is 9.62 Å². The predicted molar refractivity (Wildman–Crippen MR) is 97.4 cm³/mol. The van der Waals surface area contributed by atoms with Gasteiger partial charge in [-0.05, 0) is 36.4 Å². The Balaban J connectivity index is 1.94. The molecule has 1 aliphatic rings. The molecule has 0 radical (unpaired) electrons. The summed E-state index contributed by atoms with van der Waals surface area (Å²) in [5.41, 5.74) is 0.500. The summed E-state index contributed by atoms with van der Waals surface area (Å²) in [6, 6.07) is 8.18. The predicted octanol–water partition coefficient (Wildman–Crippen LogP) is 3.74. The van der Waals surface area contributed by atoms with E-state index in [-0.39, 0.29) is 21.5 Å². The SMILES string of the molecule is CC(=O)N1CCSc2cc(S(=O)(=O)Nc3ccc(Cl)cc3F)ccc21. The molecular formula is C16H14ClFN2O3S2. The van der Waals surface area contributed by atoms with E-state index in [1.165, 1.54) is 43.0 Å². The number of benzene rings is 2. The molecule has 3 rings (SSSR count). The summed E-state index contributed by atoms with van der Waals surface area (Å²) in [5.74, 6) is -0.181. The average Bonchev–Trinajstić information content (AvgIpc) is 2.56. The van der Waals surface area contributed by atoms with Crippen LogP contribution in [0.2, 0.25) is 5.02 Å². The molecule has 1 amide bonds. The molecule has 2 aromatic rings. The molecule has 0 fully saturated rings. The van der Waals surface area contributed by atoms with Gasteiger partial charge in [-0.25, -0.2) is 12.8 Å². The third-order valence-corrected chi connectivity index (χ3v) is 6.28. The molecule has 132 valence electrons. The van der Waals surface area contributed by atoms with Gasteiger partial charge in [0.1, 0.15) is 5.82 Å². The molecule has 0 saturated carbocycles. The maximum absolute atomic E-state index is 13.9. The molecule has 0 aromatic heterocycles. The fourth-order valence-electron chi connectivity index (χ4n) is 2.47. The molecular weight excluding hydrogens is 387 g/mol. The fraction of sp³-hybridized carbons (Fsp3) is 0.188. The second-order valence-corrected chi connectivity index (χ2v) is 8.63. The Morgan fingerprint density at radius 3 is 2.72 bits per heavy atom. The Kier molecular flexibility index (Phi) is 4.95.